The van der Waals surface area contributed by atoms with Crippen LogP contribution >= 0.6 is 23.2 Å². The number of nitrogens with one attached hydrogen (secondary N) is 1. The van der Waals surface area contributed by atoms with Crippen LogP contribution in [0.4, 0.5) is 5.82 Å². The van der Waals surface area contributed by atoms with Gasteiger partial charge in [-0.05, 0) is 24.6 Å². The van der Waals surface area contributed by atoms with Crippen molar-refractivity contribution >= 4 is 34.9 Å². The van der Waals surface area contributed by atoms with Crippen molar-refractivity contribution in [3.05, 3.63) is 87.7 Å². The zero-order chi connectivity index (χ0) is 20.4. The van der Waals surface area contributed by atoms with E-state index in [0.29, 0.717) is 22.4 Å². The average molecular weight is 427 g/mol. The number of hydrogen-bond donors (Lipinski definition) is 1. The number of carbonyl (C=O) groups excluding carboxylic acids is 1. The molecule has 2 aromatic carbocycles. The first-order chi connectivity index (χ1) is 14.0. The molecule has 0 saturated carbocycles. The lowest BCUT2D eigenvalue weighted by molar-refractivity contribution is 0.101. The maximum Gasteiger partial charge on any atom is 0.279 e. The van der Waals surface area contributed by atoms with E-state index in [1.807, 2.05) is 43.3 Å². The number of halogens is 2. The van der Waals surface area contributed by atoms with Crippen LogP contribution in [0, 0.1) is 6.92 Å². The van der Waals surface area contributed by atoms with Crippen LogP contribution in [0.25, 0.3) is 11.3 Å². The fraction of sp³-hybridized carbons (Fsp3) is 0.0952. The van der Waals surface area contributed by atoms with Gasteiger partial charge in [-0.15, -0.1) is 0 Å². The SMILES string of the molecule is Cc1ccc(-c2cc(C(=O)Nc3nn(Cc4ccc(Cl)cc4)cc3Cl)no2)cc1. The van der Waals surface area contributed by atoms with Gasteiger partial charge in [0.1, 0.15) is 5.02 Å². The Balaban J connectivity index is 1.46. The normalized spacial score (nSPS) is 10.9. The third-order valence-corrected chi connectivity index (χ3v) is 4.81. The molecule has 0 aliphatic heterocycles. The molecular formula is C21H16Cl2N4O2. The predicted molar refractivity (Wildman–Crippen MR) is 112 cm³/mol. The van der Waals surface area contributed by atoms with E-state index in [9.17, 15) is 4.79 Å². The Bertz CT molecular complexity index is 1150. The van der Waals surface area contributed by atoms with Gasteiger partial charge in [-0.1, -0.05) is 70.3 Å². The Hall–Kier alpha value is -3.09. The Morgan fingerprint density at radius 2 is 1.83 bits per heavy atom. The summed E-state index contributed by atoms with van der Waals surface area (Å²) in [6, 6.07) is 16.7. The summed E-state index contributed by atoms with van der Waals surface area (Å²) in [6.45, 7) is 2.49. The van der Waals surface area contributed by atoms with Crippen molar-refractivity contribution in [3.63, 3.8) is 0 Å². The molecule has 2 heterocycles. The third-order valence-electron chi connectivity index (χ3n) is 4.29. The van der Waals surface area contributed by atoms with Crippen molar-refractivity contribution in [1.82, 2.24) is 14.9 Å². The van der Waals surface area contributed by atoms with Crippen LogP contribution in [-0.2, 0) is 6.54 Å². The summed E-state index contributed by atoms with van der Waals surface area (Å²) < 4.78 is 6.93. The largest absolute Gasteiger partial charge is 0.355 e. The first-order valence-corrected chi connectivity index (χ1v) is 9.56. The second-order valence-electron chi connectivity index (χ2n) is 6.55. The number of aryl methyl sites for hydroxylation is 1. The second kappa shape index (κ2) is 8.11. The molecule has 4 rings (SSSR count). The molecule has 4 aromatic rings. The molecule has 8 heteroatoms. The van der Waals surface area contributed by atoms with Gasteiger partial charge < -0.3 is 9.84 Å². The number of aromatic nitrogens is 3. The molecule has 6 nitrogen and oxygen atoms in total. The molecule has 0 radical (unpaired) electrons. The minimum atomic E-state index is -0.453. The van der Waals surface area contributed by atoms with Gasteiger partial charge >= 0.3 is 0 Å². The fourth-order valence-corrected chi connectivity index (χ4v) is 3.07. The third kappa shape index (κ3) is 4.50. The van der Waals surface area contributed by atoms with Crippen LogP contribution in [0.1, 0.15) is 21.6 Å². The molecule has 0 saturated heterocycles. The monoisotopic (exact) mass is 426 g/mol. The molecule has 1 N–H and O–H groups in total. The number of benzene rings is 2. The van der Waals surface area contributed by atoms with Gasteiger partial charge in [0.15, 0.2) is 17.3 Å². The van der Waals surface area contributed by atoms with Crippen LogP contribution in [0.15, 0.2) is 65.3 Å². The summed E-state index contributed by atoms with van der Waals surface area (Å²) >= 11 is 12.1. The predicted octanol–water partition coefficient (Wildman–Crippen LogP) is 5.45. The van der Waals surface area contributed by atoms with Crippen molar-refractivity contribution in [3.8, 4) is 11.3 Å². The Labute approximate surface area is 177 Å². The molecule has 29 heavy (non-hydrogen) atoms. The Morgan fingerprint density at radius 3 is 2.55 bits per heavy atom. The maximum absolute atomic E-state index is 12.5. The van der Waals surface area contributed by atoms with E-state index in [4.69, 9.17) is 27.7 Å². The molecule has 0 atom stereocenters. The highest BCUT2D eigenvalue weighted by atomic mass is 35.5. The highest BCUT2D eigenvalue weighted by molar-refractivity contribution is 6.33. The van der Waals surface area contributed by atoms with Crippen molar-refractivity contribution < 1.29 is 9.32 Å². The molecule has 0 aliphatic rings. The van der Waals surface area contributed by atoms with Gasteiger partial charge in [-0.25, -0.2) is 0 Å². The minimum absolute atomic E-state index is 0.142. The first kappa shape index (κ1) is 19.2. The fourth-order valence-electron chi connectivity index (χ4n) is 2.75. The summed E-state index contributed by atoms with van der Waals surface area (Å²) in [4.78, 5) is 12.5. The molecule has 0 spiro atoms. The Kier molecular flexibility index (Phi) is 5.38. The molecule has 146 valence electrons. The summed E-state index contributed by atoms with van der Waals surface area (Å²) in [5, 5.41) is 11.8. The maximum atomic E-state index is 12.5. The molecule has 0 bridgehead atoms. The van der Waals surface area contributed by atoms with Crippen LogP contribution < -0.4 is 5.32 Å². The van der Waals surface area contributed by atoms with Crippen LogP contribution in [0.3, 0.4) is 0 Å². The zero-order valence-corrected chi connectivity index (χ0v) is 16.9. The molecular weight excluding hydrogens is 411 g/mol. The molecule has 2 aromatic heterocycles. The molecule has 0 fully saturated rings. The van der Waals surface area contributed by atoms with E-state index in [1.54, 1.807) is 29.1 Å². The van der Waals surface area contributed by atoms with Crippen molar-refractivity contribution in [2.24, 2.45) is 0 Å². The van der Waals surface area contributed by atoms with E-state index in [0.717, 1.165) is 16.7 Å². The highest BCUT2D eigenvalue weighted by Gasteiger charge is 2.17. The summed E-state index contributed by atoms with van der Waals surface area (Å²) in [7, 11) is 0. The topological polar surface area (TPSA) is 73.0 Å². The van der Waals surface area contributed by atoms with Crippen LogP contribution in [-0.4, -0.2) is 20.8 Å². The lowest BCUT2D eigenvalue weighted by Crippen LogP contribution is -2.13. The van der Waals surface area contributed by atoms with E-state index in [-0.39, 0.29) is 11.5 Å². The number of amides is 1. The van der Waals surface area contributed by atoms with E-state index in [2.05, 4.69) is 15.6 Å². The average Bonchev–Trinajstić information content (AvgIpc) is 3.32. The lowest BCUT2D eigenvalue weighted by atomic mass is 10.1. The van der Waals surface area contributed by atoms with Gasteiger partial charge in [0.2, 0.25) is 0 Å². The highest BCUT2D eigenvalue weighted by Crippen LogP contribution is 2.23. The van der Waals surface area contributed by atoms with Crippen molar-refractivity contribution in [2.45, 2.75) is 13.5 Å². The first-order valence-electron chi connectivity index (χ1n) is 8.80. The Morgan fingerprint density at radius 1 is 1.10 bits per heavy atom. The van der Waals surface area contributed by atoms with Gasteiger partial charge in [0.25, 0.3) is 5.91 Å². The molecule has 1 amide bonds. The second-order valence-corrected chi connectivity index (χ2v) is 7.39. The van der Waals surface area contributed by atoms with Crippen molar-refractivity contribution in [2.75, 3.05) is 5.32 Å². The summed E-state index contributed by atoms with van der Waals surface area (Å²) in [5.74, 6) is 0.311. The smallest absolute Gasteiger partial charge is 0.279 e. The van der Waals surface area contributed by atoms with E-state index < -0.39 is 5.91 Å². The van der Waals surface area contributed by atoms with Gasteiger partial charge in [0.05, 0.1) is 6.54 Å². The van der Waals surface area contributed by atoms with E-state index >= 15 is 0 Å². The number of nitrogens with zero attached hydrogens (tertiary/aromatic N) is 3. The van der Waals surface area contributed by atoms with E-state index in [1.165, 1.54) is 0 Å². The minimum Gasteiger partial charge on any atom is -0.355 e. The quantitative estimate of drug-likeness (QED) is 0.460. The summed E-state index contributed by atoms with van der Waals surface area (Å²) in [5.41, 5.74) is 3.12. The standard InChI is InChI=1S/C21H16Cl2N4O2/c1-13-2-6-15(7-3-13)19-10-18(26-29-19)21(28)24-20-17(23)12-27(25-20)11-14-4-8-16(22)9-5-14/h2-10,12H,11H2,1H3,(H,24,25,28). The number of hydrogen-bond acceptors (Lipinski definition) is 4. The number of carbonyl (C=O) groups is 1. The number of rotatable bonds is 5. The molecule has 0 unspecified atom stereocenters. The van der Waals surface area contributed by atoms with Gasteiger partial charge in [-0.2, -0.15) is 5.10 Å². The van der Waals surface area contributed by atoms with Crippen molar-refractivity contribution in [1.29, 1.82) is 0 Å². The van der Waals surface area contributed by atoms with Gasteiger partial charge in [-0.3, -0.25) is 9.48 Å². The summed E-state index contributed by atoms with van der Waals surface area (Å²) in [6.07, 6.45) is 1.65. The van der Waals surface area contributed by atoms with Gasteiger partial charge in [0, 0.05) is 22.8 Å². The zero-order valence-electron chi connectivity index (χ0n) is 15.4. The van der Waals surface area contributed by atoms with Crippen LogP contribution in [0.5, 0.6) is 0 Å². The molecule has 0 aliphatic carbocycles. The van der Waals surface area contributed by atoms with Crippen LogP contribution in [0.2, 0.25) is 10.0 Å². The number of anilines is 1. The lowest BCUT2D eigenvalue weighted by Gasteiger charge is -2.02.